The van der Waals surface area contributed by atoms with Crippen LogP contribution in [0.3, 0.4) is 0 Å². The number of primary amides is 1. The van der Waals surface area contributed by atoms with Gasteiger partial charge in [0.15, 0.2) is 10.8 Å². The molecule has 0 fully saturated rings. The first kappa shape index (κ1) is 19.8. The van der Waals surface area contributed by atoms with Crippen molar-refractivity contribution in [3.63, 3.8) is 0 Å². The molecule has 0 saturated carbocycles. The Balaban J connectivity index is 1.79. The van der Waals surface area contributed by atoms with Crippen LogP contribution < -0.4 is 16.0 Å². The molecule has 0 aliphatic rings. The van der Waals surface area contributed by atoms with E-state index in [1.807, 2.05) is 18.7 Å². The molecule has 0 bridgehead atoms. The van der Waals surface area contributed by atoms with Crippen LogP contribution in [-0.2, 0) is 0 Å². The maximum Gasteiger partial charge on any atom is 0.277 e. The zero-order valence-corrected chi connectivity index (χ0v) is 16.8. The predicted octanol–water partition coefficient (Wildman–Crippen LogP) is 2.78. The minimum atomic E-state index is -0.558. The van der Waals surface area contributed by atoms with Gasteiger partial charge in [-0.15, -0.1) is 11.3 Å². The number of rotatable bonds is 7. The molecule has 0 saturated heterocycles. The molecular weight excluding hydrogens is 402 g/mol. The highest BCUT2D eigenvalue weighted by Gasteiger charge is 2.18. The number of carbonyl (C=O) groups excluding carboxylic acids is 2. The maximum absolute atomic E-state index is 12.6. The predicted molar refractivity (Wildman–Crippen MR) is 109 cm³/mol. The SMILES string of the molecule is CCN(CC)c1ncc(Cl)c(C(=O)Nc2nc(-c3c[nH]c(C(N)=O)c3)cs2)n1. The van der Waals surface area contributed by atoms with Crippen molar-refractivity contribution in [2.24, 2.45) is 5.73 Å². The fourth-order valence-corrected chi connectivity index (χ4v) is 3.37. The number of hydrogen-bond donors (Lipinski definition) is 3. The summed E-state index contributed by atoms with van der Waals surface area (Å²) in [6, 6.07) is 1.60. The van der Waals surface area contributed by atoms with Crippen molar-refractivity contribution < 1.29 is 9.59 Å². The first-order chi connectivity index (χ1) is 13.4. The summed E-state index contributed by atoms with van der Waals surface area (Å²) < 4.78 is 0. The first-order valence-corrected chi connectivity index (χ1v) is 9.71. The summed E-state index contributed by atoms with van der Waals surface area (Å²) in [4.78, 5) is 41.3. The van der Waals surface area contributed by atoms with Gasteiger partial charge in [0.05, 0.1) is 16.9 Å². The van der Waals surface area contributed by atoms with Crippen molar-refractivity contribution >= 4 is 45.8 Å². The van der Waals surface area contributed by atoms with Crippen LogP contribution in [-0.4, -0.2) is 44.8 Å². The highest BCUT2D eigenvalue weighted by Crippen LogP contribution is 2.26. The van der Waals surface area contributed by atoms with E-state index in [1.165, 1.54) is 17.5 Å². The van der Waals surface area contributed by atoms with Crippen LogP contribution in [0.1, 0.15) is 34.8 Å². The van der Waals surface area contributed by atoms with E-state index in [0.717, 1.165) is 0 Å². The van der Waals surface area contributed by atoms with Gasteiger partial charge in [-0.2, -0.15) is 0 Å². The van der Waals surface area contributed by atoms with E-state index >= 15 is 0 Å². The number of nitrogens with two attached hydrogens (primary N) is 1. The Morgan fingerprint density at radius 3 is 2.71 bits per heavy atom. The quantitative estimate of drug-likeness (QED) is 0.539. The van der Waals surface area contributed by atoms with Gasteiger partial charge in [-0.3, -0.25) is 14.9 Å². The molecule has 3 heterocycles. The third kappa shape index (κ3) is 4.12. The van der Waals surface area contributed by atoms with Gasteiger partial charge in [0.1, 0.15) is 5.69 Å². The molecule has 0 aliphatic heterocycles. The Bertz CT molecular complexity index is 1010. The number of halogens is 1. The van der Waals surface area contributed by atoms with Crippen molar-refractivity contribution in [3.8, 4) is 11.3 Å². The molecular formula is C17H18ClN7O2S. The van der Waals surface area contributed by atoms with Gasteiger partial charge in [-0.1, -0.05) is 11.6 Å². The Morgan fingerprint density at radius 2 is 2.07 bits per heavy atom. The van der Waals surface area contributed by atoms with E-state index in [1.54, 1.807) is 17.6 Å². The van der Waals surface area contributed by atoms with Crippen molar-refractivity contribution in [1.29, 1.82) is 0 Å². The number of hydrogen-bond acceptors (Lipinski definition) is 7. The van der Waals surface area contributed by atoms with Crippen LogP contribution in [0.5, 0.6) is 0 Å². The van der Waals surface area contributed by atoms with Gasteiger partial charge in [0.2, 0.25) is 5.95 Å². The van der Waals surface area contributed by atoms with Gasteiger partial charge in [0, 0.05) is 30.2 Å². The number of anilines is 2. The molecule has 3 aromatic rings. The molecule has 0 aromatic carbocycles. The van der Waals surface area contributed by atoms with Gasteiger partial charge >= 0.3 is 0 Å². The van der Waals surface area contributed by atoms with Crippen LogP contribution in [0, 0.1) is 0 Å². The second kappa shape index (κ2) is 8.36. The Labute approximate surface area is 170 Å². The Hall–Kier alpha value is -2.98. The second-order valence-electron chi connectivity index (χ2n) is 5.70. The summed E-state index contributed by atoms with van der Waals surface area (Å²) in [5.41, 5.74) is 6.88. The lowest BCUT2D eigenvalue weighted by Gasteiger charge is -2.18. The molecule has 0 spiro atoms. The van der Waals surface area contributed by atoms with E-state index < -0.39 is 11.8 Å². The summed E-state index contributed by atoms with van der Waals surface area (Å²) in [6.07, 6.45) is 3.04. The van der Waals surface area contributed by atoms with Gasteiger partial charge in [0.25, 0.3) is 11.8 Å². The monoisotopic (exact) mass is 419 g/mol. The van der Waals surface area contributed by atoms with Crippen molar-refractivity contribution in [2.75, 3.05) is 23.3 Å². The lowest BCUT2D eigenvalue weighted by Crippen LogP contribution is -2.25. The average Bonchev–Trinajstić information content (AvgIpc) is 3.33. The lowest BCUT2D eigenvalue weighted by atomic mass is 10.2. The first-order valence-electron chi connectivity index (χ1n) is 8.45. The molecule has 146 valence electrons. The van der Waals surface area contributed by atoms with Crippen LogP contribution in [0.15, 0.2) is 23.8 Å². The van der Waals surface area contributed by atoms with E-state index in [-0.39, 0.29) is 16.4 Å². The average molecular weight is 420 g/mol. The number of thiazole rings is 1. The highest BCUT2D eigenvalue weighted by molar-refractivity contribution is 7.14. The van der Waals surface area contributed by atoms with Crippen LogP contribution in [0.4, 0.5) is 11.1 Å². The molecule has 3 aromatic heterocycles. The zero-order chi connectivity index (χ0) is 20.3. The van der Waals surface area contributed by atoms with Crippen LogP contribution in [0.2, 0.25) is 5.02 Å². The zero-order valence-electron chi connectivity index (χ0n) is 15.2. The topological polar surface area (TPSA) is 130 Å². The minimum Gasteiger partial charge on any atom is -0.364 e. The van der Waals surface area contributed by atoms with E-state index in [2.05, 4.69) is 25.3 Å². The maximum atomic E-state index is 12.6. The molecule has 9 nitrogen and oxygen atoms in total. The number of amides is 2. The molecule has 0 atom stereocenters. The number of nitrogens with zero attached hydrogens (tertiary/aromatic N) is 4. The largest absolute Gasteiger partial charge is 0.364 e. The highest BCUT2D eigenvalue weighted by atomic mass is 35.5. The number of H-pyrrole nitrogens is 1. The van der Waals surface area contributed by atoms with Gasteiger partial charge in [-0.25, -0.2) is 15.0 Å². The molecule has 0 radical (unpaired) electrons. The van der Waals surface area contributed by atoms with Gasteiger partial charge in [-0.05, 0) is 19.9 Å². The minimum absolute atomic E-state index is 0.0768. The number of nitrogens with one attached hydrogen (secondary N) is 2. The van der Waals surface area contributed by atoms with Crippen molar-refractivity contribution in [1.82, 2.24) is 19.9 Å². The second-order valence-corrected chi connectivity index (χ2v) is 6.96. The van der Waals surface area contributed by atoms with E-state index in [9.17, 15) is 9.59 Å². The fraction of sp³-hybridized carbons (Fsp3) is 0.235. The lowest BCUT2D eigenvalue weighted by molar-refractivity contribution is 0.0993. The molecule has 3 rings (SSSR count). The van der Waals surface area contributed by atoms with Crippen LogP contribution >= 0.6 is 22.9 Å². The summed E-state index contributed by atoms with van der Waals surface area (Å²) >= 11 is 7.35. The Morgan fingerprint density at radius 1 is 1.32 bits per heavy atom. The normalized spacial score (nSPS) is 10.7. The molecule has 0 unspecified atom stereocenters. The smallest absolute Gasteiger partial charge is 0.277 e. The number of aromatic amines is 1. The van der Waals surface area contributed by atoms with Crippen LogP contribution in [0.25, 0.3) is 11.3 Å². The third-order valence-electron chi connectivity index (χ3n) is 3.96. The summed E-state index contributed by atoms with van der Waals surface area (Å²) in [6.45, 7) is 5.36. The summed E-state index contributed by atoms with van der Waals surface area (Å²) in [5, 5.41) is 4.98. The summed E-state index contributed by atoms with van der Waals surface area (Å²) in [5.74, 6) is -0.600. The Kier molecular flexibility index (Phi) is 5.90. The fourth-order valence-electron chi connectivity index (χ4n) is 2.48. The van der Waals surface area contributed by atoms with Crippen molar-refractivity contribution in [2.45, 2.75) is 13.8 Å². The molecule has 0 aliphatic carbocycles. The van der Waals surface area contributed by atoms with Gasteiger partial charge < -0.3 is 15.6 Å². The number of carbonyl (C=O) groups is 2. The number of aromatic nitrogens is 4. The molecule has 11 heteroatoms. The summed E-state index contributed by atoms with van der Waals surface area (Å²) in [7, 11) is 0. The standard InChI is InChI=1S/C17H18ClN7O2S/c1-3-25(4-2)16-21-7-10(18)13(23-16)15(27)24-17-22-12(8-28-17)9-5-11(14(19)26)20-6-9/h5-8,20H,3-4H2,1-2H3,(H2,19,26)(H,22,24,27). The van der Waals surface area contributed by atoms with Crippen molar-refractivity contribution in [3.05, 3.63) is 40.3 Å². The molecule has 4 N–H and O–H groups in total. The van der Waals surface area contributed by atoms with E-state index in [0.29, 0.717) is 35.4 Å². The molecule has 28 heavy (non-hydrogen) atoms. The molecule has 2 amide bonds. The van der Waals surface area contributed by atoms with E-state index in [4.69, 9.17) is 17.3 Å². The third-order valence-corrected chi connectivity index (χ3v) is 5.00.